The van der Waals surface area contributed by atoms with E-state index in [-0.39, 0.29) is 11.5 Å². The van der Waals surface area contributed by atoms with Crippen LogP contribution in [0.1, 0.15) is 16.1 Å². The molecule has 0 aliphatic carbocycles. The Balaban J connectivity index is 1.75. The lowest BCUT2D eigenvalue weighted by atomic mass is 10.0. The van der Waals surface area contributed by atoms with Crippen molar-refractivity contribution in [3.05, 3.63) is 66.1 Å². The van der Waals surface area contributed by atoms with Crippen LogP contribution >= 0.6 is 0 Å². The molecule has 7 nitrogen and oxygen atoms in total. The summed E-state index contributed by atoms with van der Waals surface area (Å²) in [5, 5.41) is 12.4. The summed E-state index contributed by atoms with van der Waals surface area (Å²) in [6.07, 6.45) is 3.23. The van der Waals surface area contributed by atoms with Gasteiger partial charge in [-0.25, -0.2) is 9.78 Å². The first-order valence-electron chi connectivity index (χ1n) is 7.23. The van der Waals surface area contributed by atoms with E-state index in [9.17, 15) is 9.90 Å². The second kappa shape index (κ2) is 6.74. The molecule has 1 aromatic carbocycles. The maximum atomic E-state index is 11.3. The molecule has 3 rings (SSSR count). The van der Waals surface area contributed by atoms with Gasteiger partial charge in [0.25, 0.3) is 0 Å². The van der Waals surface area contributed by atoms with E-state index in [0.717, 1.165) is 11.3 Å². The van der Waals surface area contributed by atoms with Crippen molar-refractivity contribution in [2.45, 2.75) is 6.54 Å². The zero-order chi connectivity index (χ0) is 16.9. The number of anilines is 2. The first-order valence-corrected chi connectivity index (χ1v) is 7.23. The zero-order valence-corrected chi connectivity index (χ0v) is 12.7. The third kappa shape index (κ3) is 3.46. The Morgan fingerprint density at radius 2 is 1.96 bits per heavy atom. The van der Waals surface area contributed by atoms with Gasteiger partial charge in [-0.15, -0.1) is 0 Å². The molecule has 0 radical (unpaired) electrons. The first kappa shape index (κ1) is 15.4. The molecule has 0 atom stereocenters. The summed E-state index contributed by atoms with van der Waals surface area (Å²) < 4.78 is 0. The average Bonchev–Trinajstić information content (AvgIpc) is 2.60. The molecular weight excluding hydrogens is 306 g/mol. The number of rotatable bonds is 5. The van der Waals surface area contributed by atoms with Gasteiger partial charge in [-0.2, -0.15) is 4.98 Å². The Morgan fingerprint density at radius 1 is 1.12 bits per heavy atom. The highest BCUT2D eigenvalue weighted by atomic mass is 16.4. The molecule has 0 aliphatic rings. The van der Waals surface area contributed by atoms with Crippen molar-refractivity contribution in [1.82, 2.24) is 15.0 Å². The number of carbonyl (C=O) groups is 1. The quantitative estimate of drug-likeness (QED) is 0.661. The fourth-order valence-electron chi connectivity index (χ4n) is 2.26. The van der Waals surface area contributed by atoms with E-state index in [1.165, 1.54) is 0 Å². The van der Waals surface area contributed by atoms with Crippen LogP contribution in [0.5, 0.6) is 0 Å². The van der Waals surface area contributed by atoms with E-state index in [2.05, 4.69) is 20.3 Å². The molecule has 7 heteroatoms. The average molecular weight is 321 g/mol. The summed E-state index contributed by atoms with van der Waals surface area (Å²) in [6.45, 7) is 0.470. The number of carboxylic acid groups (broad SMARTS) is 1. The number of carboxylic acids is 1. The Bertz CT molecular complexity index is 865. The van der Waals surface area contributed by atoms with Crippen molar-refractivity contribution in [2.24, 2.45) is 0 Å². The van der Waals surface area contributed by atoms with Gasteiger partial charge in [0.15, 0.2) is 0 Å². The number of benzene rings is 1. The van der Waals surface area contributed by atoms with Crippen LogP contribution in [0.2, 0.25) is 0 Å². The van der Waals surface area contributed by atoms with Crippen LogP contribution in [0.4, 0.5) is 11.8 Å². The van der Waals surface area contributed by atoms with Gasteiger partial charge < -0.3 is 16.2 Å². The lowest BCUT2D eigenvalue weighted by molar-refractivity contribution is 0.0697. The molecule has 0 unspecified atom stereocenters. The van der Waals surface area contributed by atoms with Crippen molar-refractivity contribution in [3.63, 3.8) is 0 Å². The Hall–Kier alpha value is -3.48. The van der Waals surface area contributed by atoms with Crippen LogP contribution in [-0.4, -0.2) is 26.0 Å². The van der Waals surface area contributed by atoms with Crippen LogP contribution in [0.15, 0.2) is 54.9 Å². The van der Waals surface area contributed by atoms with Crippen molar-refractivity contribution < 1.29 is 9.90 Å². The fourth-order valence-corrected chi connectivity index (χ4v) is 2.26. The molecular formula is C17H15N5O2. The number of nitrogen functional groups attached to an aromatic ring is 1. The summed E-state index contributed by atoms with van der Waals surface area (Å²) in [5.74, 6) is -0.143. The summed E-state index contributed by atoms with van der Waals surface area (Å²) in [5.41, 5.74) is 7.96. The minimum Gasteiger partial charge on any atom is -0.478 e. The summed E-state index contributed by atoms with van der Waals surface area (Å²) in [6, 6.07) is 12.2. The first-order chi connectivity index (χ1) is 11.6. The molecule has 0 amide bonds. The Kier molecular flexibility index (Phi) is 4.33. The van der Waals surface area contributed by atoms with Gasteiger partial charge in [-0.3, -0.25) is 4.98 Å². The SMILES string of the molecule is Nc1nccc(NCc2ccc(-c3ccccc3C(=O)O)cn2)n1. The fraction of sp³-hybridized carbons (Fsp3) is 0.0588. The van der Waals surface area contributed by atoms with Crippen molar-refractivity contribution in [3.8, 4) is 11.1 Å². The molecule has 0 spiro atoms. The van der Waals surface area contributed by atoms with Crippen LogP contribution in [0.3, 0.4) is 0 Å². The Morgan fingerprint density at radius 3 is 2.67 bits per heavy atom. The van der Waals surface area contributed by atoms with Crippen LogP contribution in [0.25, 0.3) is 11.1 Å². The predicted molar refractivity (Wildman–Crippen MR) is 90.4 cm³/mol. The molecule has 0 bridgehead atoms. The molecule has 2 heterocycles. The summed E-state index contributed by atoms with van der Waals surface area (Å²) in [7, 11) is 0. The lowest BCUT2D eigenvalue weighted by Gasteiger charge is -2.08. The van der Waals surface area contributed by atoms with Gasteiger partial charge in [0, 0.05) is 18.0 Å². The monoisotopic (exact) mass is 321 g/mol. The highest BCUT2D eigenvalue weighted by Crippen LogP contribution is 2.23. The number of aromatic nitrogens is 3. The maximum Gasteiger partial charge on any atom is 0.336 e. The van der Waals surface area contributed by atoms with Crippen molar-refractivity contribution in [1.29, 1.82) is 0 Å². The molecule has 0 aliphatic heterocycles. The van der Waals surface area contributed by atoms with Gasteiger partial charge in [0.2, 0.25) is 5.95 Å². The van der Waals surface area contributed by atoms with Crippen molar-refractivity contribution in [2.75, 3.05) is 11.1 Å². The molecule has 0 saturated carbocycles. The van der Waals surface area contributed by atoms with Gasteiger partial charge >= 0.3 is 5.97 Å². The minimum atomic E-state index is -0.960. The topological polar surface area (TPSA) is 114 Å². The van der Waals surface area contributed by atoms with E-state index in [1.807, 2.05) is 12.1 Å². The molecule has 120 valence electrons. The van der Waals surface area contributed by atoms with Crippen LogP contribution < -0.4 is 11.1 Å². The second-order valence-corrected chi connectivity index (χ2v) is 5.04. The minimum absolute atomic E-state index is 0.202. The van der Waals surface area contributed by atoms with E-state index < -0.39 is 5.97 Å². The third-order valence-corrected chi connectivity index (χ3v) is 3.42. The number of nitrogens with one attached hydrogen (secondary N) is 1. The zero-order valence-electron chi connectivity index (χ0n) is 12.7. The molecule has 24 heavy (non-hydrogen) atoms. The number of nitrogens with zero attached hydrogens (tertiary/aromatic N) is 3. The highest BCUT2D eigenvalue weighted by Gasteiger charge is 2.11. The maximum absolute atomic E-state index is 11.3. The molecule has 4 N–H and O–H groups in total. The number of hydrogen-bond donors (Lipinski definition) is 3. The molecule has 0 saturated heterocycles. The van der Waals surface area contributed by atoms with Crippen LogP contribution in [0, 0.1) is 0 Å². The summed E-state index contributed by atoms with van der Waals surface area (Å²) in [4.78, 5) is 23.5. The van der Waals surface area contributed by atoms with Crippen molar-refractivity contribution >= 4 is 17.7 Å². The predicted octanol–water partition coefficient (Wildman–Crippen LogP) is 2.43. The number of hydrogen-bond acceptors (Lipinski definition) is 6. The summed E-state index contributed by atoms with van der Waals surface area (Å²) >= 11 is 0. The smallest absolute Gasteiger partial charge is 0.336 e. The van der Waals surface area contributed by atoms with E-state index >= 15 is 0 Å². The Labute approximate surface area is 138 Å². The van der Waals surface area contributed by atoms with E-state index in [1.54, 1.807) is 42.7 Å². The number of nitrogens with two attached hydrogens (primary N) is 1. The molecule has 2 aromatic heterocycles. The van der Waals surface area contributed by atoms with E-state index in [4.69, 9.17) is 5.73 Å². The van der Waals surface area contributed by atoms with Gasteiger partial charge in [-0.1, -0.05) is 24.3 Å². The normalized spacial score (nSPS) is 10.3. The van der Waals surface area contributed by atoms with Gasteiger partial charge in [-0.05, 0) is 23.8 Å². The second-order valence-electron chi connectivity index (χ2n) is 5.04. The number of aromatic carboxylic acids is 1. The third-order valence-electron chi connectivity index (χ3n) is 3.42. The van der Waals surface area contributed by atoms with E-state index in [0.29, 0.717) is 17.9 Å². The highest BCUT2D eigenvalue weighted by molar-refractivity contribution is 5.95. The van der Waals surface area contributed by atoms with Gasteiger partial charge in [0.1, 0.15) is 5.82 Å². The molecule has 3 aromatic rings. The lowest BCUT2D eigenvalue weighted by Crippen LogP contribution is -2.05. The largest absolute Gasteiger partial charge is 0.478 e. The molecule has 0 fully saturated rings. The number of pyridine rings is 1. The van der Waals surface area contributed by atoms with Crippen LogP contribution in [-0.2, 0) is 6.54 Å². The van der Waals surface area contributed by atoms with Gasteiger partial charge in [0.05, 0.1) is 17.8 Å². The standard InChI is InChI=1S/C17H15N5O2/c18-17-19-8-7-15(22-17)21-10-12-6-5-11(9-20-12)13-3-1-2-4-14(13)16(23)24/h1-9H,10H2,(H,23,24)(H3,18,19,21,22).